The first kappa shape index (κ1) is 18.7. The predicted molar refractivity (Wildman–Crippen MR) is 103 cm³/mol. The topological polar surface area (TPSA) is 72.5 Å². The standard InChI is InChI=1S/C19H25N3O3S/c1-24-15-3-4-17(25-2)14(11-15)7-10-21-18(23)16-12-26-19(22-16)13-5-8-20-9-6-13/h3-4,11-13,20H,5-10H2,1-2H3,(H,21,23). The van der Waals surface area contributed by atoms with Gasteiger partial charge in [0, 0.05) is 17.8 Å². The number of ether oxygens (including phenoxy) is 2. The SMILES string of the molecule is COc1ccc(OC)c(CCNC(=O)c2csc(C3CCNCC3)n2)c1. The van der Waals surface area contributed by atoms with Crippen molar-refractivity contribution < 1.29 is 14.3 Å². The van der Waals surface area contributed by atoms with Crippen molar-refractivity contribution in [1.29, 1.82) is 0 Å². The number of piperidine rings is 1. The van der Waals surface area contributed by atoms with Crippen LogP contribution in [-0.2, 0) is 6.42 Å². The van der Waals surface area contributed by atoms with Crippen molar-refractivity contribution >= 4 is 17.2 Å². The molecule has 1 saturated heterocycles. The van der Waals surface area contributed by atoms with Crippen LogP contribution in [0.4, 0.5) is 0 Å². The third kappa shape index (κ3) is 4.53. The van der Waals surface area contributed by atoms with Crippen LogP contribution in [0.5, 0.6) is 11.5 Å². The van der Waals surface area contributed by atoms with Gasteiger partial charge in [0.05, 0.1) is 19.2 Å². The molecule has 1 aromatic carbocycles. The van der Waals surface area contributed by atoms with Crippen LogP contribution in [0.25, 0.3) is 0 Å². The highest BCUT2D eigenvalue weighted by Crippen LogP contribution is 2.28. The van der Waals surface area contributed by atoms with Gasteiger partial charge in [0.2, 0.25) is 0 Å². The molecule has 7 heteroatoms. The Morgan fingerprint density at radius 3 is 2.85 bits per heavy atom. The van der Waals surface area contributed by atoms with Crippen LogP contribution < -0.4 is 20.1 Å². The van der Waals surface area contributed by atoms with Crippen molar-refractivity contribution in [1.82, 2.24) is 15.6 Å². The molecule has 0 saturated carbocycles. The maximum absolute atomic E-state index is 12.4. The van der Waals surface area contributed by atoms with Gasteiger partial charge in [-0.25, -0.2) is 4.98 Å². The number of rotatable bonds is 7. The number of benzene rings is 1. The lowest BCUT2D eigenvalue weighted by atomic mass is 9.99. The second-order valence-electron chi connectivity index (χ2n) is 6.28. The van der Waals surface area contributed by atoms with E-state index in [0.29, 0.717) is 24.6 Å². The molecule has 0 unspecified atom stereocenters. The third-order valence-corrected chi connectivity index (χ3v) is 5.62. The second-order valence-corrected chi connectivity index (χ2v) is 7.17. The van der Waals surface area contributed by atoms with Gasteiger partial charge in [-0.2, -0.15) is 0 Å². The number of hydrogen-bond donors (Lipinski definition) is 2. The van der Waals surface area contributed by atoms with Crippen LogP contribution in [-0.4, -0.2) is 44.7 Å². The number of amides is 1. The molecule has 1 amide bonds. The van der Waals surface area contributed by atoms with E-state index < -0.39 is 0 Å². The third-order valence-electron chi connectivity index (χ3n) is 4.61. The lowest BCUT2D eigenvalue weighted by molar-refractivity contribution is 0.0949. The van der Waals surface area contributed by atoms with Gasteiger partial charge in [-0.3, -0.25) is 4.79 Å². The summed E-state index contributed by atoms with van der Waals surface area (Å²) in [4.78, 5) is 16.9. The van der Waals surface area contributed by atoms with Crippen LogP contribution in [0.2, 0.25) is 0 Å². The summed E-state index contributed by atoms with van der Waals surface area (Å²) in [5.41, 5.74) is 1.52. The first-order valence-electron chi connectivity index (χ1n) is 8.86. The lowest BCUT2D eigenvalue weighted by Crippen LogP contribution is -2.27. The van der Waals surface area contributed by atoms with Gasteiger partial charge in [-0.15, -0.1) is 11.3 Å². The molecular weight excluding hydrogens is 350 g/mol. The summed E-state index contributed by atoms with van der Waals surface area (Å²) in [7, 11) is 3.27. The Morgan fingerprint density at radius 1 is 1.31 bits per heavy atom. The number of nitrogens with zero attached hydrogens (tertiary/aromatic N) is 1. The van der Waals surface area contributed by atoms with Gasteiger partial charge in [0.1, 0.15) is 17.2 Å². The Bertz CT molecular complexity index is 741. The number of carbonyl (C=O) groups excluding carboxylic acids is 1. The molecule has 0 spiro atoms. The first-order chi connectivity index (χ1) is 12.7. The monoisotopic (exact) mass is 375 g/mol. The van der Waals surface area contributed by atoms with Crippen LogP contribution >= 0.6 is 11.3 Å². The summed E-state index contributed by atoms with van der Waals surface area (Å²) >= 11 is 1.59. The van der Waals surface area contributed by atoms with E-state index in [4.69, 9.17) is 9.47 Å². The fraction of sp³-hybridized carbons (Fsp3) is 0.474. The van der Waals surface area contributed by atoms with Gasteiger partial charge < -0.3 is 20.1 Å². The van der Waals surface area contributed by atoms with Crippen molar-refractivity contribution in [2.45, 2.75) is 25.2 Å². The van der Waals surface area contributed by atoms with Crippen molar-refractivity contribution in [2.24, 2.45) is 0 Å². The van der Waals surface area contributed by atoms with Crippen molar-refractivity contribution in [3.63, 3.8) is 0 Å². The Hall–Kier alpha value is -2.12. The zero-order chi connectivity index (χ0) is 18.4. The second kappa shape index (κ2) is 9.00. The molecule has 0 aliphatic carbocycles. The number of aromatic nitrogens is 1. The molecule has 26 heavy (non-hydrogen) atoms. The summed E-state index contributed by atoms with van der Waals surface area (Å²) in [6.45, 7) is 2.56. The van der Waals surface area contributed by atoms with E-state index in [-0.39, 0.29) is 5.91 Å². The average molecular weight is 375 g/mol. The van der Waals surface area contributed by atoms with Crippen LogP contribution in [0.1, 0.15) is 39.8 Å². The van der Waals surface area contributed by atoms with E-state index in [0.717, 1.165) is 48.0 Å². The summed E-state index contributed by atoms with van der Waals surface area (Å²) in [5.74, 6) is 1.92. The molecule has 3 rings (SSSR count). The molecule has 2 aromatic rings. The summed E-state index contributed by atoms with van der Waals surface area (Å²) in [6.07, 6.45) is 2.84. The van der Waals surface area contributed by atoms with E-state index in [2.05, 4.69) is 15.6 Å². The minimum absolute atomic E-state index is 0.122. The van der Waals surface area contributed by atoms with Gasteiger partial charge in [-0.1, -0.05) is 0 Å². The molecule has 2 heterocycles. The van der Waals surface area contributed by atoms with E-state index in [1.54, 1.807) is 25.6 Å². The molecule has 0 atom stereocenters. The highest BCUT2D eigenvalue weighted by molar-refractivity contribution is 7.09. The van der Waals surface area contributed by atoms with E-state index >= 15 is 0 Å². The molecule has 0 radical (unpaired) electrons. The van der Waals surface area contributed by atoms with Gasteiger partial charge >= 0.3 is 0 Å². The lowest BCUT2D eigenvalue weighted by Gasteiger charge is -2.20. The average Bonchev–Trinajstić information content (AvgIpc) is 3.19. The smallest absolute Gasteiger partial charge is 0.270 e. The predicted octanol–water partition coefficient (Wildman–Crippen LogP) is 2.60. The Morgan fingerprint density at radius 2 is 2.12 bits per heavy atom. The summed E-state index contributed by atoms with van der Waals surface area (Å²) in [6, 6.07) is 5.67. The minimum Gasteiger partial charge on any atom is -0.497 e. The molecule has 6 nitrogen and oxygen atoms in total. The normalized spacial score (nSPS) is 14.8. The summed E-state index contributed by atoms with van der Waals surface area (Å²) in [5, 5.41) is 9.24. The Kier molecular flexibility index (Phi) is 6.46. The minimum atomic E-state index is -0.122. The maximum atomic E-state index is 12.4. The highest BCUT2D eigenvalue weighted by atomic mass is 32.1. The molecule has 140 valence electrons. The molecular formula is C19H25N3O3S. The molecule has 1 aliphatic heterocycles. The van der Waals surface area contributed by atoms with E-state index in [1.165, 1.54) is 0 Å². The Labute approximate surface area is 157 Å². The molecule has 0 bridgehead atoms. The number of carbonyl (C=O) groups is 1. The Balaban J connectivity index is 1.55. The summed E-state index contributed by atoms with van der Waals surface area (Å²) < 4.78 is 10.6. The van der Waals surface area contributed by atoms with Crippen molar-refractivity contribution in [2.75, 3.05) is 33.9 Å². The number of hydrogen-bond acceptors (Lipinski definition) is 6. The number of methoxy groups -OCH3 is 2. The van der Waals surface area contributed by atoms with Crippen molar-refractivity contribution in [3.05, 3.63) is 39.8 Å². The first-order valence-corrected chi connectivity index (χ1v) is 9.74. The van der Waals surface area contributed by atoms with Crippen LogP contribution in [0.3, 0.4) is 0 Å². The zero-order valence-electron chi connectivity index (χ0n) is 15.2. The largest absolute Gasteiger partial charge is 0.497 e. The van der Waals surface area contributed by atoms with E-state index in [9.17, 15) is 4.79 Å². The van der Waals surface area contributed by atoms with Gasteiger partial charge in [0.25, 0.3) is 5.91 Å². The number of nitrogens with one attached hydrogen (secondary N) is 2. The van der Waals surface area contributed by atoms with Gasteiger partial charge in [-0.05, 0) is 56.1 Å². The quantitative estimate of drug-likeness (QED) is 0.778. The van der Waals surface area contributed by atoms with Crippen LogP contribution in [0.15, 0.2) is 23.6 Å². The fourth-order valence-corrected chi connectivity index (χ4v) is 4.10. The molecule has 1 aliphatic rings. The molecule has 1 fully saturated rings. The fourth-order valence-electron chi connectivity index (χ4n) is 3.13. The van der Waals surface area contributed by atoms with E-state index in [1.807, 2.05) is 23.6 Å². The maximum Gasteiger partial charge on any atom is 0.270 e. The zero-order valence-corrected chi connectivity index (χ0v) is 16.0. The molecule has 2 N–H and O–H groups in total. The van der Waals surface area contributed by atoms with Crippen molar-refractivity contribution in [3.8, 4) is 11.5 Å². The number of thiazole rings is 1. The van der Waals surface area contributed by atoms with Gasteiger partial charge in [0.15, 0.2) is 0 Å². The molecule has 1 aromatic heterocycles. The highest BCUT2D eigenvalue weighted by Gasteiger charge is 2.20. The van der Waals surface area contributed by atoms with Crippen LogP contribution in [0, 0.1) is 0 Å².